The first kappa shape index (κ1) is 20.8. The number of rotatable bonds is 7. The zero-order valence-corrected chi connectivity index (χ0v) is 16.5. The van der Waals surface area contributed by atoms with Gasteiger partial charge in [-0.1, -0.05) is 6.07 Å². The monoisotopic (exact) mass is 397 g/mol. The van der Waals surface area contributed by atoms with E-state index in [9.17, 15) is 13.2 Å². The molecule has 1 aromatic rings. The van der Waals surface area contributed by atoms with Crippen molar-refractivity contribution in [1.29, 1.82) is 0 Å². The summed E-state index contributed by atoms with van der Waals surface area (Å²) in [6.45, 7) is 4.97. The van der Waals surface area contributed by atoms with Crippen molar-refractivity contribution in [2.75, 3.05) is 51.2 Å². The van der Waals surface area contributed by atoms with Crippen LogP contribution in [0.5, 0.6) is 0 Å². The van der Waals surface area contributed by atoms with Crippen molar-refractivity contribution in [3.05, 3.63) is 29.8 Å². The van der Waals surface area contributed by atoms with E-state index in [0.717, 1.165) is 58.2 Å². The molecule has 1 aliphatic carbocycles. The van der Waals surface area contributed by atoms with Gasteiger partial charge in [0, 0.05) is 51.5 Å². The molecule has 1 saturated carbocycles. The quantitative estimate of drug-likeness (QED) is 0.437. The number of nitrogens with zero attached hydrogens (tertiary/aromatic N) is 4. The number of halogens is 3. The minimum absolute atomic E-state index is 0.580. The van der Waals surface area contributed by atoms with E-state index >= 15 is 0 Å². The minimum Gasteiger partial charge on any atom is -0.370 e. The Morgan fingerprint density at radius 2 is 1.89 bits per heavy atom. The molecule has 0 aromatic heterocycles. The number of guanidine groups is 1. The summed E-state index contributed by atoms with van der Waals surface area (Å²) in [7, 11) is 2.00. The van der Waals surface area contributed by atoms with Crippen molar-refractivity contribution < 1.29 is 13.2 Å². The van der Waals surface area contributed by atoms with E-state index in [2.05, 4.69) is 14.8 Å². The van der Waals surface area contributed by atoms with Crippen molar-refractivity contribution in [2.24, 2.45) is 10.7 Å². The number of anilines is 1. The van der Waals surface area contributed by atoms with E-state index in [1.807, 2.05) is 11.9 Å². The van der Waals surface area contributed by atoms with E-state index in [1.54, 1.807) is 6.07 Å². The third kappa shape index (κ3) is 5.77. The molecule has 2 N–H and O–H groups in total. The zero-order valence-electron chi connectivity index (χ0n) is 16.5. The Balaban J connectivity index is 1.36. The summed E-state index contributed by atoms with van der Waals surface area (Å²) in [6, 6.07) is 6.19. The smallest absolute Gasteiger partial charge is 0.370 e. The SMILES string of the molecule is CN(C(N)=NCCCCN1CCN(c2cccc(C(F)(F)F)c2)CC1)C1CC1. The van der Waals surface area contributed by atoms with Gasteiger partial charge in [-0.2, -0.15) is 13.2 Å². The maximum absolute atomic E-state index is 12.9. The molecule has 8 heteroatoms. The summed E-state index contributed by atoms with van der Waals surface area (Å²) in [5.74, 6) is 0.636. The molecular weight excluding hydrogens is 367 g/mol. The highest BCUT2D eigenvalue weighted by atomic mass is 19.4. The van der Waals surface area contributed by atoms with Crippen LogP contribution in [0.1, 0.15) is 31.2 Å². The molecule has 0 spiro atoms. The van der Waals surface area contributed by atoms with Gasteiger partial charge in [0.1, 0.15) is 0 Å². The first-order valence-electron chi connectivity index (χ1n) is 10.0. The summed E-state index contributed by atoms with van der Waals surface area (Å²) in [4.78, 5) is 10.9. The number of unbranched alkanes of at least 4 members (excludes halogenated alkanes) is 1. The third-order valence-corrected chi connectivity index (χ3v) is 5.52. The number of alkyl halides is 3. The summed E-state index contributed by atoms with van der Waals surface area (Å²) in [5.41, 5.74) is 6.05. The highest BCUT2D eigenvalue weighted by Crippen LogP contribution is 2.31. The molecule has 0 radical (unpaired) electrons. The second-order valence-electron chi connectivity index (χ2n) is 7.67. The molecule has 28 heavy (non-hydrogen) atoms. The lowest BCUT2D eigenvalue weighted by atomic mass is 10.1. The summed E-state index contributed by atoms with van der Waals surface area (Å²) >= 11 is 0. The molecule has 0 unspecified atom stereocenters. The molecule has 2 aliphatic rings. The second kappa shape index (κ2) is 9.03. The van der Waals surface area contributed by atoms with E-state index in [0.29, 0.717) is 17.7 Å². The Bertz CT molecular complexity index is 664. The largest absolute Gasteiger partial charge is 0.416 e. The molecule has 1 aliphatic heterocycles. The Morgan fingerprint density at radius 3 is 2.54 bits per heavy atom. The van der Waals surface area contributed by atoms with Crippen LogP contribution in [0.2, 0.25) is 0 Å². The Kier molecular flexibility index (Phi) is 6.69. The van der Waals surface area contributed by atoms with Gasteiger partial charge in [-0.05, 0) is 50.4 Å². The van der Waals surface area contributed by atoms with Gasteiger partial charge >= 0.3 is 6.18 Å². The Hall–Kier alpha value is -1.96. The predicted molar refractivity (Wildman–Crippen MR) is 107 cm³/mol. The van der Waals surface area contributed by atoms with Gasteiger partial charge in [0.2, 0.25) is 0 Å². The molecule has 5 nitrogen and oxygen atoms in total. The maximum Gasteiger partial charge on any atom is 0.416 e. The van der Waals surface area contributed by atoms with Crippen LogP contribution in [0.15, 0.2) is 29.3 Å². The van der Waals surface area contributed by atoms with E-state index in [1.165, 1.54) is 25.0 Å². The van der Waals surface area contributed by atoms with Gasteiger partial charge < -0.3 is 15.5 Å². The molecule has 156 valence electrons. The van der Waals surface area contributed by atoms with Gasteiger partial charge in [0.05, 0.1) is 5.56 Å². The van der Waals surface area contributed by atoms with Crippen molar-refractivity contribution in [3.63, 3.8) is 0 Å². The van der Waals surface area contributed by atoms with Crippen LogP contribution >= 0.6 is 0 Å². The summed E-state index contributed by atoms with van der Waals surface area (Å²) in [5, 5.41) is 0. The summed E-state index contributed by atoms with van der Waals surface area (Å²) < 4.78 is 38.7. The molecule has 2 fully saturated rings. The maximum atomic E-state index is 12.9. The molecular formula is C20H30F3N5. The first-order chi connectivity index (χ1) is 13.3. The number of benzene rings is 1. The molecule has 3 rings (SSSR count). The lowest BCUT2D eigenvalue weighted by molar-refractivity contribution is -0.137. The third-order valence-electron chi connectivity index (χ3n) is 5.52. The fourth-order valence-corrected chi connectivity index (χ4v) is 3.51. The predicted octanol–water partition coefficient (Wildman–Crippen LogP) is 3.02. The van der Waals surface area contributed by atoms with Crippen LogP contribution in [-0.4, -0.2) is 68.1 Å². The number of piperazine rings is 1. The van der Waals surface area contributed by atoms with Crippen LogP contribution in [-0.2, 0) is 6.18 Å². The lowest BCUT2D eigenvalue weighted by Gasteiger charge is -2.36. The van der Waals surface area contributed by atoms with Gasteiger partial charge in [-0.25, -0.2) is 0 Å². The standard InChI is InChI=1S/C20H30F3N5/c1-26(17-7-8-17)19(24)25-9-2-3-10-27-11-13-28(14-12-27)18-6-4-5-16(15-18)20(21,22)23/h4-6,15,17H,2-3,7-14H2,1H3,(H2,24,25). The minimum atomic E-state index is -4.29. The van der Waals surface area contributed by atoms with Crippen LogP contribution in [0.3, 0.4) is 0 Å². The number of nitrogens with two attached hydrogens (primary N) is 1. The van der Waals surface area contributed by atoms with Gasteiger partial charge in [0.25, 0.3) is 0 Å². The van der Waals surface area contributed by atoms with Gasteiger partial charge in [0.15, 0.2) is 5.96 Å². The molecule has 1 heterocycles. The van der Waals surface area contributed by atoms with Crippen LogP contribution in [0.25, 0.3) is 0 Å². The van der Waals surface area contributed by atoms with Gasteiger partial charge in [-0.15, -0.1) is 0 Å². The normalized spacial score (nSPS) is 19.1. The average Bonchev–Trinajstić information content (AvgIpc) is 3.52. The fourth-order valence-electron chi connectivity index (χ4n) is 3.51. The second-order valence-corrected chi connectivity index (χ2v) is 7.67. The highest BCUT2D eigenvalue weighted by Gasteiger charge is 2.31. The van der Waals surface area contributed by atoms with Crippen molar-refractivity contribution in [3.8, 4) is 0 Å². The Labute approximate surface area is 165 Å². The van der Waals surface area contributed by atoms with E-state index in [4.69, 9.17) is 5.73 Å². The molecule has 1 aromatic carbocycles. The first-order valence-corrected chi connectivity index (χ1v) is 10.0. The molecule has 0 bridgehead atoms. The topological polar surface area (TPSA) is 48.1 Å². The van der Waals surface area contributed by atoms with Gasteiger partial charge in [-0.3, -0.25) is 9.89 Å². The lowest BCUT2D eigenvalue weighted by Crippen LogP contribution is -2.46. The number of hydrogen-bond acceptors (Lipinski definition) is 3. The molecule has 0 atom stereocenters. The van der Waals surface area contributed by atoms with Crippen LogP contribution in [0, 0.1) is 0 Å². The number of aliphatic imine (C=N–C) groups is 1. The number of hydrogen-bond donors (Lipinski definition) is 1. The highest BCUT2D eigenvalue weighted by molar-refractivity contribution is 5.78. The molecule has 1 saturated heterocycles. The van der Waals surface area contributed by atoms with Crippen molar-refractivity contribution >= 4 is 11.6 Å². The van der Waals surface area contributed by atoms with E-state index < -0.39 is 11.7 Å². The van der Waals surface area contributed by atoms with Crippen LogP contribution in [0.4, 0.5) is 18.9 Å². The Morgan fingerprint density at radius 1 is 1.18 bits per heavy atom. The van der Waals surface area contributed by atoms with Crippen molar-refractivity contribution in [2.45, 2.75) is 37.9 Å². The summed E-state index contributed by atoms with van der Waals surface area (Å²) in [6.07, 6.45) is 0.163. The van der Waals surface area contributed by atoms with E-state index in [-0.39, 0.29) is 0 Å². The van der Waals surface area contributed by atoms with Crippen LogP contribution < -0.4 is 10.6 Å². The zero-order chi connectivity index (χ0) is 20.1. The van der Waals surface area contributed by atoms with Crippen molar-refractivity contribution in [1.82, 2.24) is 9.80 Å². The molecule has 0 amide bonds. The average molecular weight is 397 g/mol. The fraction of sp³-hybridized carbons (Fsp3) is 0.650.